The van der Waals surface area contributed by atoms with Crippen molar-refractivity contribution in [3.63, 3.8) is 0 Å². The van der Waals surface area contributed by atoms with Gasteiger partial charge in [0.05, 0.1) is 25.5 Å². The maximum Gasteiger partial charge on any atom is 0.412 e. The van der Waals surface area contributed by atoms with E-state index in [2.05, 4.69) is 5.32 Å². The van der Waals surface area contributed by atoms with E-state index in [4.69, 9.17) is 14.2 Å². The molecule has 1 saturated heterocycles. The Morgan fingerprint density at radius 3 is 2.52 bits per heavy atom. The molecule has 1 aliphatic heterocycles. The highest BCUT2D eigenvalue weighted by atomic mass is 16.6. The number of amides is 2. The predicted octanol–water partition coefficient (Wildman–Crippen LogP) is 2.90. The quantitative estimate of drug-likeness (QED) is 0.903. The Labute approximate surface area is 148 Å². The predicted molar refractivity (Wildman–Crippen MR) is 94.2 cm³/mol. The molecule has 0 bridgehead atoms. The van der Waals surface area contributed by atoms with Crippen LogP contribution in [0.5, 0.6) is 5.75 Å². The zero-order valence-electron chi connectivity index (χ0n) is 15.3. The third-order valence-electron chi connectivity index (χ3n) is 3.46. The average Bonchev–Trinajstić information content (AvgIpc) is 2.55. The Morgan fingerprint density at radius 2 is 1.92 bits per heavy atom. The zero-order valence-corrected chi connectivity index (χ0v) is 15.3. The summed E-state index contributed by atoms with van der Waals surface area (Å²) in [7, 11) is 0. The first-order chi connectivity index (χ1) is 11.8. The normalized spacial score (nSPS) is 14.8. The molecule has 2 rings (SSSR count). The van der Waals surface area contributed by atoms with Crippen LogP contribution >= 0.6 is 0 Å². The summed E-state index contributed by atoms with van der Waals surface area (Å²) < 4.78 is 16.1. The standard InChI is InChI=1S/C18H26N2O5/c1-5-24-15-12-13(16(21)20-8-10-23-11-9-20)6-7-14(15)19-17(22)25-18(2,3)4/h6-7,12H,5,8-11H2,1-4H3,(H,19,22). The number of carbonyl (C=O) groups is 2. The van der Waals surface area contributed by atoms with Crippen LogP contribution < -0.4 is 10.1 Å². The molecule has 1 N–H and O–H groups in total. The number of nitrogens with one attached hydrogen (secondary N) is 1. The van der Waals surface area contributed by atoms with E-state index in [1.54, 1.807) is 43.9 Å². The van der Waals surface area contributed by atoms with E-state index in [0.717, 1.165) is 0 Å². The van der Waals surface area contributed by atoms with E-state index in [1.165, 1.54) is 0 Å². The number of hydrogen-bond acceptors (Lipinski definition) is 5. The van der Waals surface area contributed by atoms with Gasteiger partial charge in [-0.3, -0.25) is 10.1 Å². The highest BCUT2D eigenvalue weighted by Crippen LogP contribution is 2.27. The fourth-order valence-corrected chi connectivity index (χ4v) is 2.40. The van der Waals surface area contributed by atoms with Crippen LogP contribution in [0.25, 0.3) is 0 Å². The summed E-state index contributed by atoms with van der Waals surface area (Å²) in [5, 5.41) is 2.67. The molecule has 1 fully saturated rings. The Balaban J connectivity index is 2.16. The molecule has 0 aliphatic carbocycles. The van der Waals surface area contributed by atoms with Crippen molar-refractivity contribution < 1.29 is 23.8 Å². The van der Waals surface area contributed by atoms with Gasteiger partial charge in [0.2, 0.25) is 0 Å². The average molecular weight is 350 g/mol. The molecule has 1 aromatic carbocycles. The maximum absolute atomic E-state index is 12.6. The molecule has 0 spiro atoms. The molecule has 25 heavy (non-hydrogen) atoms. The molecule has 2 amide bonds. The van der Waals surface area contributed by atoms with E-state index >= 15 is 0 Å². The van der Waals surface area contributed by atoms with Gasteiger partial charge in [0.25, 0.3) is 5.91 Å². The topological polar surface area (TPSA) is 77.1 Å². The number of benzene rings is 1. The number of ether oxygens (including phenoxy) is 3. The molecule has 7 nitrogen and oxygen atoms in total. The van der Waals surface area contributed by atoms with Gasteiger partial charge in [-0.2, -0.15) is 0 Å². The molecule has 0 radical (unpaired) electrons. The Morgan fingerprint density at radius 1 is 1.24 bits per heavy atom. The Kier molecular flexibility index (Phi) is 6.25. The number of rotatable bonds is 4. The molecular weight excluding hydrogens is 324 g/mol. The second-order valence-corrected chi connectivity index (χ2v) is 6.68. The third kappa shape index (κ3) is 5.63. The molecule has 1 aliphatic rings. The summed E-state index contributed by atoms with van der Waals surface area (Å²) in [6, 6.07) is 4.98. The van der Waals surface area contributed by atoms with Crippen molar-refractivity contribution in [3.8, 4) is 5.75 Å². The minimum atomic E-state index is -0.595. The lowest BCUT2D eigenvalue weighted by molar-refractivity contribution is 0.0302. The molecular formula is C18H26N2O5. The van der Waals surface area contributed by atoms with Crippen LogP contribution in [0.2, 0.25) is 0 Å². The second-order valence-electron chi connectivity index (χ2n) is 6.68. The molecule has 1 aromatic rings. The van der Waals surface area contributed by atoms with Crippen molar-refractivity contribution in [2.24, 2.45) is 0 Å². The lowest BCUT2D eigenvalue weighted by Crippen LogP contribution is -2.40. The van der Waals surface area contributed by atoms with Gasteiger partial charge in [0.1, 0.15) is 11.4 Å². The van der Waals surface area contributed by atoms with Gasteiger partial charge in [-0.05, 0) is 45.9 Å². The maximum atomic E-state index is 12.6. The molecule has 138 valence electrons. The van der Waals surface area contributed by atoms with E-state index in [1.807, 2.05) is 6.92 Å². The van der Waals surface area contributed by atoms with Gasteiger partial charge < -0.3 is 19.1 Å². The summed E-state index contributed by atoms with van der Waals surface area (Å²) in [5.41, 5.74) is 0.386. The van der Waals surface area contributed by atoms with Crippen LogP contribution in [0.3, 0.4) is 0 Å². The first-order valence-corrected chi connectivity index (χ1v) is 8.44. The van der Waals surface area contributed by atoms with Crippen LogP contribution in [0.4, 0.5) is 10.5 Å². The van der Waals surface area contributed by atoms with Crippen molar-refractivity contribution >= 4 is 17.7 Å². The van der Waals surface area contributed by atoms with Crippen molar-refractivity contribution in [3.05, 3.63) is 23.8 Å². The number of anilines is 1. The van der Waals surface area contributed by atoms with Crippen LogP contribution in [0, 0.1) is 0 Å². The Bertz CT molecular complexity index is 618. The summed E-state index contributed by atoms with van der Waals surface area (Å²) in [6.45, 7) is 9.86. The fraction of sp³-hybridized carbons (Fsp3) is 0.556. The largest absolute Gasteiger partial charge is 0.492 e. The lowest BCUT2D eigenvalue weighted by atomic mass is 10.1. The smallest absolute Gasteiger partial charge is 0.412 e. The van der Waals surface area contributed by atoms with Gasteiger partial charge in [-0.25, -0.2) is 4.79 Å². The second kappa shape index (κ2) is 8.20. The number of hydrogen-bond donors (Lipinski definition) is 1. The first-order valence-electron chi connectivity index (χ1n) is 8.44. The highest BCUT2D eigenvalue weighted by Gasteiger charge is 2.21. The van der Waals surface area contributed by atoms with Gasteiger partial charge >= 0.3 is 6.09 Å². The summed E-state index contributed by atoms with van der Waals surface area (Å²) in [6.07, 6.45) is -0.569. The van der Waals surface area contributed by atoms with Crippen molar-refractivity contribution in [1.29, 1.82) is 0 Å². The van der Waals surface area contributed by atoms with Crippen molar-refractivity contribution in [2.45, 2.75) is 33.3 Å². The van der Waals surface area contributed by atoms with E-state index in [-0.39, 0.29) is 5.91 Å². The molecule has 1 heterocycles. The molecule has 0 aromatic heterocycles. The first kappa shape index (κ1) is 19.1. The lowest BCUT2D eigenvalue weighted by Gasteiger charge is -2.27. The summed E-state index contributed by atoms with van der Waals surface area (Å²) in [5.74, 6) is 0.362. The van der Waals surface area contributed by atoms with Crippen LogP contribution in [0.1, 0.15) is 38.1 Å². The molecule has 0 unspecified atom stereocenters. The number of morpholine rings is 1. The molecule has 0 atom stereocenters. The third-order valence-corrected chi connectivity index (χ3v) is 3.46. The minimum Gasteiger partial charge on any atom is -0.492 e. The monoisotopic (exact) mass is 350 g/mol. The SMILES string of the molecule is CCOc1cc(C(=O)N2CCOCC2)ccc1NC(=O)OC(C)(C)C. The zero-order chi connectivity index (χ0) is 18.4. The van der Waals surface area contributed by atoms with E-state index in [9.17, 15) is 9.59 Å². The van der Waals surface area contributed by atoms with E-state index < -0.39 is 11.7 Å². The van der Waals surface area contributed by atoms with Gasteiger partial charge in [-0.15, -0.1) is 0 Å². The number of nitrogens with zero attached hydrogens (tertiary/aromatic N) is 1. The van der Waals surface area contributed by atoms with Gasteiger partial charge in [0.15, 0.2) is 0 Å². The molecule has 0 saturated carbocycles. The highest BCUT2D eigenvalue weighted by molar-refractivity contribution is 5.96. The van der Waals surface area contributed by atoms with Crippen LogP contribution in [-0.4, -0.2) is 55.4 Å². The summed E-state index contributed by atoms with van der Waals surface area (Å²) >= 11 is 0. The Hall–Kier alpha value is -2.28. The van der Waals surface area contributed by atoms with E-state index in [0.29, 0.717) is 49.9 Å². The van der Waals surface area contributed by atoms with Gasteiger partial charge in [0, 0.05) is 18.7 Å². The molecule has 7 heteroatoms. The number of carbonyl (C=O) groups excluding carboxylic acids is 2. The van der Waals surface area contributed by atoms with Crippen molar-refractivity contribution in [1.82, 2.24) is 4.90 Å². The van der Waals surface area contributed by atoms with Crippen molar-refractivity contribution in [2.75, 3.05) is 38.2 Å². The fourth-order valence-electron chi connectivity index (χ4n) is 2.40. The minimum absolute atomic E-state index is 0.0759. The van der Waals surface area contributed by atoms with Crippen LogP contribution in [-0.2, 0) is 9.47 Å². The van der Waals surface area contributed by atoms with Crippen LogP contribution in [0.15, 0.2) is 18.2 Å². The van der Waals surface area contributed by atoms with Gasteiger partial charge in [-0.1, -0.05) is 0 Å². The summed E-state index contributed by atoms with van der Waals surface area (Å²) in [4.78, 5) is 26.3.